The number of H-pyrrole nitrogens is 1. The van der Waals surface area contributed by atoms with Gasteiger partial charge in [-0.1, -0.05) is 0 Å². The number of anilines is 1. The van der Waals surface area contributed by atoms with Crippen LogP contribution >= 0.6 is 0 Å². The number of aromatic amines is 1. The van der Waals surface area contributed by atoms with Gasteiger partial charge >= 0.3 is 0 Å². The van der Waals surface area contributed by atoms with Crippen LogP contribution in [0.5, 0.6) is 0 Å². The number of aromatic nitrogens is 1. The van der Waals surface area contributed by atoms with E-state index in [1.165, 1.54) is 0 Å². The van der Waals surface area contributed by atoms with Gasteiger partial charge < -0.3 is 10.3 Å². The van der Waals surface area contributed by atoms with Crippen molar-refractivity contribution < 1.29 is 8.42 Å². The zero-order valence-electron chi connectivity index (χ0n) is 9.07. The third-order valence-corrected chi connectivity index (χ3v) is 4.16. The van der Waals surface area contributed by atoms with Crippen molar-refractivity contribution in [3.63, 3.8) is 0 Å². The minimum atomic E-state index is -3.23. The van der Waals surface area contributed by atoms with E-state index in [0.717, 1.165) is 25.9 Å². The lowest BCUT2D eigenvalue weighted by Crippen LogP contribution is -2.35. The summed E-state index contributed by atoms with van der Waals surface area (Å²) in [6.07, 6.45) is 3.74. The summed E-state index contributed by atoms with van der Waals surface area (Å²) in [7, 11) is -3.23. The molecular formula is C10H17N3O2S. The number of nitrogens with one attached hydrogen (secondary N) is 3. The maximum absolute atomic E-state index is 11.8. The van der Waals surface area contributed by atoms with E-state index in [4.69, 9.17) is 0 Å². The van der Waals surface area contributed by atoms with Crippen LogP contribution in [0, 0.1) is 5.92 Å². The van der Waals surface area contributed by atoms with Crippen LogP contribution in [0.2, 0.25) is 0 Å². The van der Waals surface area contributed by atoms with E-state index in [9.17, 15) is 8.42 Å². The maximum atomic E-state index is 11.8. The lowest BCUT2D eigenvalue weighted by Gasteiger charge is -2.22. The minimum absolute atomic E-state index is 0.193. The minimum Gasteiger partial charge on any atom is -0.348 e. The van der Waals surface area contributed by atoms with Crippen molar-refractivity contribution in [3.05, 3.63) is 18.3 Å². The Balaban J connectivity index is 1.92. The van der Waals surface area contributed by atoms with Crippen molar-refractivity contribution in [2.24, 2.45) is 5.92 Å². The highest BCUT2D eigenvalue weighted by Crippen LogP contribution is 2.14. The van der Waals surface area contributed by atoms with E-state index in [2.05, 4.69) is 15.0 Å². The Bertz CT molecular complexity index is 407. The molecule has 1 aliphatic heterocycles. The molecule has 90 valence electrons. The molecule has 2 heterocycles. The Labute approximate surface area is 95.7 Å². The quantitative estimate of drug-likeness (QED) is 0.731. The molecule has 0 spiro atoms. The normalized spacial score (nSPS) is 21.9. The van der Waals surface area contributed by atoms with Gasteiger partial charge in [0.05, 0.1) is 5.75 Å². The molecular weight excluding hydrogens is 226 g/mol. The van der Waals surface area contributed by atoms with Gasteiger partial charge in [0.1, 0.15) is 5.82 Å². The Morgan fingerprint density at radius 2 is 2.38 bits per heavy atom. The molecule has 0 amide bonds. The highest BCUT2D eigenvalue weighted by atomic mass is 32.2. The summed E-state index contributed by atoms with van der Waals surface area (Å²) in [5.41, 5.74) is 0. The first-order valence-corrected chi connectivity index (χ1v) is 7.15. The van der Waals surface area contributed by atoms with Gasteiger partial charge in [-0.05, 0) is 44.0 Å². The molecule has 3 N–H and O–H groups in total. The number of hydrogen-bond donors (Lipinski definition) is 3. The molecule has 1 atom stereocenters. The maximum Gasteiger partial charge on any atom is 0.234 e. The fourth-order valence-corrected chi connectivity index (χ4v) is 3.43. The molecule has 1 aromatic heterocycles. The average molecular weight is 243 g/mol. The van der Waals surface area contributed by atoms with Gasteiger partial charge in [-0.25, -0.2) is 8.42 Å². The zero-order chi connectivity index (χ0) is 11.4. The Hall–Kier alpha value is -1.01. The van der Waals surface area contributed by atoms with Crippen LogP contribution in [0.4, 0.5) is 5.82 Å². The van der Waals surface area contributed by atoms with Gasteiger partial charge in [-0.2, -0.15) is 0 Å². The Morgan fingerprint density at radius 3 is 3.00 bits per heavy atom. The summed E-state index contributed by atoms with van der Waals surface area (Å²) in [6, 6.07) is 3.47. The van der Waals surface area contributed by atoms with Crippen LogP contribution < -0.4 is 10.0 Å². The van der Waals surface area contributed by atoms with Gasteiger partial charge in [0, 0.05) is 6.20 Å². The standard InChI is InChI=1S/C10H17N3O2S/c14-16(15,13-10-4-2-6-12-10)8-9-3-1-5-11-7-9/h2,4,6,9,11-13H,1,3,5,7-8H2. The smallest absolute Gasteiger partial charge is 0.234 e. The molecule has 2 rings (SSSR count). The van der Waals surface area contributed by atoms with Crippen molar-refractivity contribution in [3.8, 4) is 0 Å². The number of piperidine rings is 1. The molecule has 0 radical (unpaired) electrons. The lowest BCUT2D eigenvalue weighted by atomic mass is 10.0. The van der Waals surface area contributed by atoms with E-state index in [-0.39, 0.29) is 11.7 Å². The second-order valence-corrected chi connectivity index (χ2v) is 5.95. The molecule has 1 aliphatic rings. The molecule has 1 aromatic rings. The second kappa shape index (κ2) is 4.88. The second-order valence-electron chi connectivity index (χ2n) is 4.18. The van der Waals surface area contributed by atoms with E-state index in [0.29, 0.717) is 5.82 Å². The summed E-state index contributed by atoms with van der Waals surface area (Å²) in [4.78, 5) is 2.82. The van der Waals surface area contributed by atoms with Gasteiger partial charge in [-0.3, -0.25) is 4.72 Å². The van der Waals surface area contributed by atoms with Crippen molar-refractivity contribution in [1.29, 1.82) is 0 Å². The van der Waals surface area contributed by atoms with Gasteiger partial charge in [0.15, 0.2) is 0 Å². The third kappa shape index (κ3) is 3.24. The van der Waals surface area contributed by atoms with Crippen molar-refractivity contribution >= 4 is 15.8 Å². The first-order valence-electron chi connectivity index (χ1n) is 5.50. The van der Waals surface area contributed by atoms with Gasteiger partial charge in [-0.15, -0.1) is 0 Å². The zero-order valence-corrected chi connectivity index (χ0v) is 9.89. The predicted molar refractivity (Wildman–Crippen MR) is 63.8 cm³/mol. The molecule has 5 nitrogen and oxygen atoms in total. The third-order valence-electron chi connectivity index (χ3n) is 2.72. The van der Waals surface area contributed by atoms with E-state index in [1.54, 1.807) is 18.3 Å². The highest BCUT2D eigenvalue weighted by Gasteiger charge is 2.21. The first kappa shape index (κ1) is 11.5. The Kier molecular flexibility index (Phi) is 3.50. The van der Waals surface area contributed by atoms with Crippen LogP contribution in [-0.4, -0.2) is 32.2 Å². The predicted octanol–water partition coefficient (Wildman–Crippen LogP) is 0.756. The SMILES string of the molecule is O=S(=O)(CC1CCCNC1)Nc1ccc[nH]1. The van der Waals surface area contributed by atoms with Crippen LogP contribution in [0.3, 0.4) is 0 Å². The largest absolute Gasteiger partial charge is 0.348 e. The lowest BCUT2D eigenvalue weighted by molar-refractivity contribution is 0.404. The van der Waals surface area contributed by atoms with E-state index in [1.807, 2.05) is 0 Å². The van der Waals surface area contributed by atoms with Crippen molar-refractivity contribution in [2.45, 2.75) is 12.8 Å². The summed E-state index contributed by atoms with van der Waals surface area (Å²) in [6.45, 7) is 1.80. The molecule has 0 aromatic carbocycles. The highest BCUT2D eigenvalue weighted by molar-refractivity contribution is 7.92. The molecule has 0 saturated carbocycles. The summed E-state index contributed by atoms with van der Waals surface area (Å²) < 4.78 is 26.1. The summed E-state index contributed by atoms with van der Waals surface area (Å²) in [5.74, 6) is 0.948. The van der Waals surface area contributed by atoms with Crippen molar-refractivity contribution in [2.75, 3.05) is 23.6 Å². The van der Waals surface area contributed by atoms with E-state index >= 15 is 0 Å². The summed E-state index contributed by atoms with van der Waals surface area (Å²) >= 11 is 0. The summed E-state index contributed by atoms with van der Waals surface area (Å²) in [5, 5.41) is 3.22. The number of sulfonamides is 1. The molecule has 0 bridgehead atoms. The number of hydrogen-bond acceptors (Lipinski definition) is 3. The van der Waals surface area contributed by atoms with Crippen LogP contribution in [0.25, 0.3) is 0 Å². The molecule has 0 aliphatic carbocycles. The van der Waals surface area contributed by atoms with Crippen LogP contribution in [0.15, 0.2) is 18.3 Å². The van der Waals surface area contributed by atoms with Crippen LogP contribution in [-0.2, 0) is 10.0 Å². The fraction of sp³-hybridized carbons (Fsp3) is 0.600. The average Bonchev–Trinajstić information content (AvgIpc) is 2.70. The van der Waals surface area contributed by atoms with Gasteiger partial charge in [0.2, 0.25) is 10.0 Å². The molecule has 16 heavy (non-hydrogen) atoms. The molecule has 1 saturated heterocycles. The molecule has 1 unspecified atom stereocenters. The fourth-order valence-electron chi connectivity index (χ4n) is 1.98. The van der Waals surface area contributed by atoms with E-state index < -0.39 is 10.0 Å². The molecule has 1 fully saturated rings. The number of rotatable bonds is 4. The topological polar surface area (TPSA) is 74.0 Å². The van der Waals surface area contributed by atoms with Gasteiger partial charge in [0.25, 0.3) is 0 Å². The molecule has 6 heteroatoms. The van der Waals surface area contributed by atoms with Crippen LogP contribution in [0.1, 0.15) is 12.8 Å². The monoisotopic (exact) mass is 243 g/mol. The first-order chi connectivity index (χ1) is 7.66. The Morgan fingerprint density at radius 1 is 1.50 bits per heavy atom. The van der Waals surface area contributed by atoms with Crippen molar-refractivity contribution in [1.82, 2.24) is 10.3 Å².